The first-order valence-electron chi connectivity index (χ1n) is 7.14. The fourth-order valence-corrected chi connectivity index (χ4v) is 2.13. The molecular weight excluding hydrogens is 298 g/mol. The summed E-state index contributed by atoms with van der Waals surface area (Å²) in [6, 6.07) is 4.57. The normalized spacial score (nSPS) is 10.8. The van der Waals surface area contributed by atoms with Crippen LogP contribution in [-0.4, -0.2) is 36.1 Å². The summed E-state index contributed by atoms with van der Waals surface area (Å²) in [4.78, 5) is 36.7. The number of amides is 1. The van der Waals surface area contributed by atoms with Crippen molar-refractivity contribution in [3.8, 4) is 5.75 Å². The highest BCUT2D eigenvalue weighted by Gasteiger charge is 2.23. The summed E-state index contributed by atoms with van der Waals surface area (Å²) in [7, 11) is 3.15. The lowest BCUT2D eigenvalue weighted by Gasteiger charge is -2.18. The van der Waals surface area contributed by atoms with Crippen molar-refractivity contribution in [1.29, 1.82) is 0 Å². The molecule has 2 aromatic carbocycles. The van der Waals surface area contributed by atoms with Gasteiger partial charge in [0, 0.05) is 20.1 Å². The fourth-order valence-electron chi connectivity index (χ4n) is 2.13. The molecule has 0 aliphatic carbocycles. The summed E-state index contributed by atoms with van der Waals surface area (Å²) < 4.78 is 0. The molecule has 7 nitrogen and oxygen atoms in total. The Labute approximate surface area is 133 Å². The van der Waals surface area contributed by atoms with Crippen molar-refractivity contribution in [3.63, 3.8) is 0 Å². The van der Waals surface area contributed by atoms with Crippen molar-refractivity contribution in [3.05, 3.63) is 44.2 Å². The highest BCUT2D eigenvalue weighted by atomic mass is 16.3. The number of nitrogens with zero attached hydrogens (tertiary/aromatic N) is 1. The molecule has 0 fully saturated rings. The van der Waals surface area contributed by atoms with Gasteiger partial charge in [-0.3, -0.25) is 14.4 Å². The second kappa shape index (κ2) is 6.12. The molecule has 122 valence electrons. The van der Waals surface area contributed by atoms with Crippen molar-refractivity contribution in [1.82, 2.24) is 4.90 Å². The predicted octanol–water partition coefficient (Wildman–Crippen LogP) is 1.25. The molecule has 0 atom stereocenters. The number of benzene rings is 1. The summed E-state index contributed by atoms with van der Waals surface area (Å²) in [5.41, 5.74) is -0.672. The van der Waals surface area contributed by atoms with E-state index in [0.717, 1.165) is 0 Å². The average Bonchev–Trinajstić information content (AvgIpc) is 2.50. The topological polar surface area (TPSA) is 98.7 Å². The molecule has 3 N–H and O–H groups in total. The zero-order valence-corrected chi connectivity index (χ0v) is 13.4. The lowest BCUT2D eigenvalue weighted by Crippen LogP contribution is -2.38. The van der Waals surface area contributed by atoms with Gasteiger partial charge >= 0.3 is 0 Å². The largest absolute Gasteiger partial charge is 0.505 e. The maximum absolute atomic E-state index is 12.0. The third-order valence-electron chi connectivity index (χ3n) is 3.28. The molecule has 23 heavy (non-hydrogen) atoms. The van der Waals surface area contributed by atoms with E-state index >= 15 is 0 Å². The summed E-state index contributed by atoms with van der Waals surface area (Å²) in [6.07, 6.45) is 0. The van der Waals surface area contributed by atoms with E-state index in [1.807, 2.05) is 13.8 Å². The van der Waals surface area contributed by atoms with Gasteiger partial charge in [-0.05, 0) is 26.0 Å². The highest BCUT2D eigenvalue weighted by molar-refractivity contribution is 5.99. The van der Waals surface area contributed by atoms with E-state index in [1.54, 1.807) is 20.2 Å². The Morgan fingerprint density at radius 2 is 1.74 bits per heavy atom. The van der Waals surface area contributed by atoms with Gasteiger partial charge in [0.1, 0.15) is 11.4 Å². The van der Waals surface area contributed by atoms with E-state index in [9.17, 15) is 19.5 Å². The lowest BCUT2D eigenvalue weighted by atomic mass is 10.1. The number of phenolic OH excluding ortho intramolecular Hbond substituents is 1. The van der Waals surface area contributed by atoms with Crippen molar-refractivity contribution in [2.75, 3.05) is 24.7 Å². The SMILES string of the molecule is CC(C)Nc1c(Nc2cccc(C(=O)N(C)C)c2O)c(=O)c1=O. The van der Waals surface area contributed by atoms with Gasteiger partial charge in [-0.2, -0.15) is 0 Å². The molecule has 2 rings (SSSR count). The molecule has 0 bridgehead atoms. The van der Waals surface area contributed by atoms with Crippen molar-refractivity contribution in [2.45, 2.75) is 19.9 Å². The summed E-state index contributed by atoms with van der Waals surface area (Å²) in [6.45, 7) is 3.68. The van der Waals surface area contributed by atoms with Crippen LogP contribution in [0.5, 0.6) is 5.75 Å². The first kappa shape index (κ1) is 16.5. The molecule has 7 heteroatoms. The Morgan fingerprint density at radius 3 is 2.30 bits per heavy atom. The zero-order valence-electron chi connectivity index (χ0n) is 13.4. The number of hydrogen-bond acceptors (Lipinski definition) is 6. The minimum absolute atomic E-state index is 0.0194. The molecule has 0 saturated carbocycles. The summed E-state index contributed by atoms with van der Waals surface area (Å²) in [5.74, 6) is -0.633. The minimum atomic E-state index is -0.656. The minimum Gasteiger partial charge on any atom is -0.505 e. The van der Waals surface area contributed by atoms with Crippen LogP contribution in [0.4, 0.5) is 17.1 Å². The van der Waals surface area contributed by atoms with Crippen LogP contribution in [0.3, 0.4) is 0 Å². The van der Waals surface area contributed by atoms with Gasteiger partial charge in [-0.1, -0.05) is 6.07 Å². The molecular formula is C16H19N3O4. The van der Waals surface area contributed by atoms with Crippen LogP contribution < -0.4 is 21.5 Å². The second-order valence-corrected chi connectivity index (χ2v) is 5.73. The number of anilines is 3. The van der Waals surface area contributed by atoms with E-state index < -0.39 is 10.9 Å². The third-order valence-corrected chi connectivity index (χ3v) is 3.28. The van der Waals surface area contributed by atoms with E-state index in [4.69, 9.17) is 0 Å². The van der Waals surface area contributed by atoms with Crippen LogP contribution >= 0.6 is 0 Å². The van der Waals surface area contributed by atoms with Crippen molar-refractivity contribution in [2.24, 2.45) is 0 Å². The fraction of sp³-hybridized carbons (Fsp3) is 0.312. The molecule has 0 spiro atoms. The monoisotopic (exact) mass is 317 g/mol. The van der Waals surface area contributed by atoms with Gasteiger partial charge in [-0.25, -0.2) is 0 Å². The Bertz CT molecular complexity index is 817. The molecule has 0 aliphatic heterocycles. The van der Waals surface area contributed by atoms with E-state index in [0.29, 0.717) is 0 Å². The number of nitrogens with one attached hydrogen (secondary N) is 2. The number of aromatic hydroxyl groups is 1. The first-order chi connectivity index (χ1) is 10.7. The van der Waals surface area contributed by atoms with Crippen molar-refractivity contribution >= 4 is 23.0 Å². The van der Waals surface area contributed by atoms with Crippen LogP contribution in [0.25, 0.3) is 0 Å². The van der Waals surface area contributed by atoms with E-state index in [2.05, 4.69) is 10.6 Å². The van der Waals surface area contributed by atoms with Gasteiger partial charge in [0.2, 0.25) is 0 Å². The summed E-state index contributed by atoms with van der Waals surface area (Å²) >= 11 is 0. The van der Waals surface area contributed by atoms with Crippen LogP contribution in [0.1, 0.15) is 24.2 Å². The van der Waals surface area contributed by atoms with Gasteiger partial charge in [0.15, 0.2) is 5.75 Å². The van der Waals surface area contributed by atoms with Crippen LogP contribution in [0.2, 0.25) is 0 Å². The highest BCUT2D eigenvalue weighted by Crippen LogP contribution is 2.32. The predicted molar refractivity (Wildman–Crippen MR) is 89.5 cm³/mol. The lowest BCUT2D eigenvalue weighted by molar-refractivity contribution is 0.0825. The van der Waals surface area contributed by atoms with Gasteiger partial charge in [-0.15, -0.1) is 0 Å². The molecule has 0 aliphatic rings. The van der Waals surface area contributed by atoms with Crippen molar-refractivity contribution < 1.29 is 9.90 Å². The Morgan fingerprint density at radius 1 is 1.13 bits per heavy atom. The Balaban J connectivity index is 2.38. The second-order valence-electron chi connectivity index (χ2n) is 5.73. The van der Waals surface area contributed by atoms with E-state index in [1.165, 1.54) is 17.0 Å². The molecule has 0 heterocycles. The van der Waals surface area contributed by atoms with Crippen LogP contribution in [0.15, 0.2) is 27.8 Å². The zero-order chi connectivity index (χ0) is 17.3. The van der Waals surface area contributed by atoms with Gasteiger partial charge in [0.05, 0.1) is 11.3 Å². The quantitative estimate of drug-likeness (QED) is 0.567. The maximum atomic E-state index is 12.0. The number of carbonyl (C=O) groups excluding carboxylic acids is 1. The average molecular weight is 317 g/mol. The van der Waals surface area contributed by atoms with Gasteiger partial charge < -0.3 is 20.6 Å². The third kappa shape index (κ3) is 3.03. The smallest absolute Gasteiger partial charge is 0.257 e. The summed E-state index contributed by atoms with van der Waals surface area (Å²) in [5, 5.41) is 15.9. The van der Waals surface area contributed by atoms with E-state index in [-0.39, 0.29) is 40.3 Å². The molecule has 0 aromatic heterocycles. The Kier molecular flexibility index (Phi) is 4.40. The molecule has 2 aromatic rings. The number of phenols is 1. The van der Waals surface area contributed by atoms with Crippen LogP contribution in [0, 0.1) is 0 Å². The standard InChI is InChI=1S/C16H19N3O4/c1-8(2)17-11-12(15(22)14(11)21)18-10-7-5-6-9(13(10)20)16(23)19(3)4/h5-8,17-18,20H,1-4H3. The molecule has 0 saturated heterocycles. The maximum Gasteiger partial charge on any atom is 0.257 e. The number of hydrogen-bond donors (Lipinski definition) is 3. The first-order valence-corrected chi connectivity index (χ1v) is 7.14. The van der Waals surface area contributed by atoms with Crippen LogP contribution in [-0.2, 0) is 0 Å². The molecule has 0 radical (unpaired) electrons. The molecule has 0 unspecified atom stereocenters. The number of para-hydroxylation sites is 1. The number of rotatable bonds is 5. The Hall–Kier alpha value is -2.83. The number of carbonyl (C=O) groups is 1. The van der Waals surface area contributed by atoms with Gasteiger partial charge in [0.25, 0.3) is 16.8 Å². The molecule has 1 amide bonds.